The predicted molar refractivity (Wildman–Crippen MR) is 94.3 cm³/mol. The third-order valence-corrected chi connectivity index (χ3v) is 4.21. The lowest BCUT2D eigenvalue weighted by molar-refractivity contribution is 0.0732. The molecule has 1 aromatic carbocycles. The molecule has 3 rings (SSSR count). The fraction of sp³-hybridized carbons (Fsp3) is 0.368. The highest BCUT2D eigenvalue weighted by Crippen LogP contribution is 2.34. The third-order valence-electron chi connectivity index (χ3n) is 4.21. The summed E-state index contributed by atoms with van der Waals surface area (Å²) in [6.07, 6.45) is 2.24. The van der Waals surface area contributed by atoms with Gasteiger partial charge in [0.2, 0.25) is 0 Å². The summed E-state index contributed by atoms with van der Waals surface area (Å²) in [5, 5.41) is 0. The molecular weight excluding hydrogens is 320 g/mol. The van der Waals surface area contributed by atoms with Gasteiger partial charge in [-0.05, 0) is 55.7 Å². The van der Waals surface area contributed by atoms with E-state index in [-0.39, 0.29) is 17.0 Å². The normalized spacial score (nSPS) is 13.3. The number of hydrogen-bond donors (Lipinski definition) is 1. The van der Waals surface area contributed by atoms with Gasteiger partial charge >= 0.3 is 0 Å². The monoisotopic (exact) mass is 342 g/mol. The molecule has 0 saturated carbocycles. The van der Waals surface area contributed by atoms with Crippen LogP contribution in [-0.2, 0) is 13.0 Å². The molecule has 25 heavy (non-hydrogen) atoms. The van der Waals surface area contributed by atoms with Gasteiger partial charge in [0.15, 0.2) is 11.5 Å². The summed E-state index contributed by atoms with van der Waals surface area (Å²) in [6, 6.07) is 7.16. The molecule has 1 aliphatic rings. The SMILES string of the molecule is CCOc1cc2c(cc1OCC)CN(C(=O)c1ccc[nH]c1=O)CC2. The van der Waals surface area contributed by atoms with E-state index in [2.05, 4.69) is 4.98 Å². The summed E-state index contributed by atoms with van der Waals surface area (Å²) >= 11 is 0. The molecule has 0 aliphatic carbocycles. The number of H-pyrrole nitrogens is 1. The van der Waals surface area contributed by atoms with Crippen LogP contribution >= 0.6 is 0 Å². The number of aromatic nitrogens is 1. The summed E-state index contributed by atoms with van der Waals surface area (Å²) in [6.45, 7) is 6.00. The van der Waals surface area contributed by atoms with E-state index in [1.54, 1.807) is 17.0 Å². The summed E-state index contributed by atoms with van der Waals surface area (Å²) in [4.78, 5) is 28.8. The smallest absolute Gasteiger partial charge is 0.260 e. The Bertz CT molecular complexity index is 828. The van der Waals surface area contributed by atoms with Crippen LogP contribution in [-0.4, -0.2) is 35.5 Å². The van der Waals surface area contributed by atoms with Crippen molar-refractivity contribution in [1.82, 2.24) is 9.88 Å². The molecule has 0 saturated heterocycles. The largest absolute Gasteiger partial charge is 0.490 e. The number of benzene rings is 1. The molecule has 1 aliphatic heterocycles. The second kappa shape index (κ2) is 7.42. The van der Waals surface area contributed by atoms with Crippen LogP contribution in [0.5, 0.6) is 11.5 Å². The first-order valence-corrected chi connectivity index (χ1v) is 8.52. The van der Waals surface area contributed by atoms with Crippen molar-refractivity contribution in [3.8, 4) is 11.5 Å². The van der Waals surface area contributed by atoms with Crippen molar-refractivity contribution < 1.29 is 14.3 Å². The molecule has 2 heterocycles. The lowest BCUT2D eigenvalue weighted by atomic mass is 9.98. The number of carbonyl (C=O) groups is 1. The Morgan fingerprint density at radius 2 is 1.84 bits per heavy atom. The number of carbonyl (C=O) groups excluding carboxylic acids is 1. The first kappa shape index (κ1) is 17.1. The van der Waals surface area contributed by atoms with Gasteiger partial charge in [-0.3, -0.25) is 9.59 Å². The van der Waals surface area contributed by atoms with Crippen LogP contribution < -0.4 is 15.0 Å². The average Bonchev–Trinajstić information content (AvgIpc) is 2.62. The van der Waals surface area contributed by atoms with Gasteiger partial charge < -0.3 is 19.4 Å². The molecule has 1 N–H and O–H groups in total. The summed E-state index contributed by atoms with van der Waals surface area (Å²) in [5.41, 5.74) is 1.98. The molecule has 0 fully saturated rings. The fourth-order valence-electron chi connectivity index (χ4n) is 3.03. The van der Waals surface area contributed by atoms with Crippen LogP contribution in [0.25, 0.3) is 0 Å². The van der Waals surface area contributed by atoms with Gasteiger partial charge in [-0.2, -0.15) is 0 Å². The Labute approximate surface area is 146 Å². The third kappa shape index (κ3) is 3.52. The van der Waals surface area contributed by atoms with Crippen LogP contribution in [0.1, 0.15) is 35.3 Å². The lowest BCUT2D eigenvalue weighted by Gasteiger charge is -2.29. The molecule has 0 bridgehead atoms. The Hall–Kier alpha value is -2.76. The van der Waals surface area contributed by atoms with Crippen LogP contribution in [0.2, 0.25) is 0 Å². The summed E-state index contributed by atoms with van der Waals surface area (Å²) in [5.74, 6) is 1.18. The standard InChI is InChI=1S/C19H22N2O4/c1-3-24-16-10-13-7-9-21(12-14(13)11-17(16)25-4-2)19(23)15-6-5-8-20-18(15)22/h5-6,8,10-11H,3-4,7,9,12H2,1-2H3,(H,20,22). The summed E-state index contributed by atoms with van der Waals surface area (Å²) in [7, 11) is 0. The molecule has 2 aromatic rings. The molecule has 6 nitrogen and oxygen atoms in total. The van der Waals surface area contributed by atoms with Crippen molar-refractivity contribution in [2.24, 2.45) is 0 Å². The predicted octanol–water partition coefficient (Wildman–Crippen LogP) is 2.37. The average molecular weight is 342 g/mol. The number of fused-ring (bicyclic) bond motifs is 1. The van der Waals surface area contributed by atoms with Gasteiger partial charge in [0.05, 0.1) is 13.2 Å². The minimum absolute atomic E-state index is 0.168. The summed E-state index contributed by atoms with van der Waals surface area (Å²) < 4.78 is 11.3. The zero-order valence-corrected chi connectivity index (χ0v) is 14.5. The van der Waals surface area contributed by atoms with Crippen molar-refractivity contribution in [2.75, 3.05) is 19.8 Å². The Balaban J connectivity index is 1.88. The van der Waals surface area contributed by atoms with Crippen molar-refractivity contribution >= 4 is 5.91 Å². The second-order valence-electron chi connectivity index (χ2n) is 5.82. The van der Waals surface area contributed by atoms with Crippen molar-refractivity contribution in [3.63, 3.8) is 0 Å². The fourth-order valence-corrected chi connectivity index (χ4v) is 3.03. The quantitative estimate of drug-likeness (QED) is 0.905. The molecule has 132 valence electrons. The Morgan fingerprint density at radius 3 is 2.48 bits per heavy atom. The maximum atomic E-state index is 12.7. The molecule has 0 atom stereocenters. The minimum Gasteiger partial charge on any atom is -0.490 e. The zero-order valence-electron chi connectivity index (χ0n) is 14.5. The van der Waals surface area contributed by atoms with Crippen LogP contribution in [0.4, 0.5) is 0 Å². The second-order valence-corrected chi connectivity index (χ2v) is 5.82. The molecule has 6 heteroatoms. The maximum absolute atomic E-state index is 12.7. The number of hydrogen-bond acceptors (Lipinski definition) is 4. The van der Waals surface area contributed by atoms with Crippen molar-refractivity contribution in [3.05, 3.63) is 57.5 Å². The minimum atomic E-state index is -0.361. The van der Waals surface area contributed by atoms with Crippen LogP contribution in [0, 0.1) is 0 Å². The number of nitrogens with one attached hydrogen (secondary N) is 1. The first-order valence-electron chi connectivity index (χ1n) is 8.52. The van der Waals surface area contributed by atoms with Gasteiger partial charge in [-0.15, -0.1) is 0 Å². The van der Waals surface area contributed by atoms with Crippen molar-refractivity contribution in [2.45, 2.75) is 26.8 Å². The number of amides is 1. The first-order chi connectivity index (χ1) is 12.1. The van der Waals surface area contributed by atoms with Gasteiger partial charge in [-0.1, -0.05) is 0 Å². The van der Waals surface area contributed by atoms with E-state index >= 15 is 0 Å². The zero-order chi connectivity index (χ0) is 17.8. The van der Waals surface area contributed by atoms with E-state index in [1.807, 2.05) is 26.0 Å². The molecule has 0 spiro atoms. The van der Waals surface area contributed by atoms with Gasteiger partial charge in [-0.25, -0.2) is 0 Å². The highest BCUT2D eigenvalue weighted by Gasteiger charge is 2.25. The lowest BCUT2D eigenvalue weighted by Crippen LogP contribution is -2.38. The molecule has 1 amide bonds. The number of pyridine rings is 1. The van der Waals surface area contributed by atoms with Gasteiger partial charge in [0.1, 0.15) is 5.56 Å². The molecule has 0 unspecified atom stereocenters. The number of rotatable bonds is 5. The van der Waals surface area contributed by atoms with E-state index in [9.17, 15) is 9.59 Å². The highest BCUT2D eigenvalue weighted by atomic mass is 16.5. The van der Waals surface area contributed by atoms with E-state index < -0.39 is 0 Å². The molecule has 0 radical (unpaired) electrons. The van der Waals surface area contributed by atoms with Gasteiger partial charge in [0, 0.05) is 19.3 Å². The van der Waals surface area contributed by atoms with E-state index in [0.717, 1.165) is 23.3 Å². The van der Waals surface area contributed by atoms with Crippen LogP contribution in [0.15, 0.2) is 35.3 Å². The number of ether oxygens (including phenoxy) is 2. The van der Waals surface area contributed by atoms with Gasteiger partial charge in [0.25, 0.3) is 11.5 Å². The maximum Gasteiger partial charge on any atom is 0.260 e. The van der Waals surface area contributed by atoms with E-state index in [0.29, 0.717) is 32.1 Å². The van der Waals surface area contributed by atoms with E-state index in [1.165, 1.54) is 6.20 Å². The number of aromatic amines is 1. The van der Waals surface area contributed by atoms with E-state index in [4.69, 9.17) is 9.47 Å². The van der Waals surface area contributed by atoms with Crippen LogP contribution in [0.3, 0.4) is 0 Å². The Kier molecular flexibility index (Phi) is 5.07. The van der Waals surface area contributed by atoms with Crippen molar-refractivity contribution in [1.29, 1.82) is 0 Å². The number of nitrogens with zero attached hydrogens (tertiary/aromatic N) is 1. The molecular formula is C19H22N2O4. The molecule has 1 aromatic heterocycles. The Morgan fingerprint density at radius 1 is 1.16 bits per heavy atom. The highest BCUT2D eigenvalue weighted by molar-refractivity contribution is 5.93. The topological polar surface area (TPSA) is 71.6 Å².